The Labute approximate surface area is 185 Å². The Bertz CT molecular complexity index is 1140. The van der Waals surface area contributed by atoms with E-state index in [1.807, 2.05) is 37.3 Å². The van der Waals surface area contributed by atoms with E-state index in [0.717, 1.165) is 22.3 Å². The molecule has 4 nitrogen and oxygen atoms in total. The number of nitrogens with two attached hydrogens (primary N) is 1. The predicted molar refractivity (Wildman–Crippen MR) is 120 cm³/mol. The molecule has 0 atom stereocenters. The van der Waals surface area contributed by atoms with Crippen LogP contribution in [0.5, 0.6) is 5.75 Å². The third kappa shape index (κ3) is 4.83. The van der Waals surface area contributed by atoms with Crippen LogP contribution in [0.2, 0.25) is 10.0 Å². The Morgan fingerprint density at radius 1 is 1.10 bits per heavy atom. The summed E-state index contributed by atoms with van der Waals surface area (Å²) in [6, 6.07) is 21.0. The number of primary amides is 1. The molecule has 1 amide bonds. The van der Waals surface area contributed by atoms with E-state index in [1.54, 1.807) is 18.2 Å². The molecule has 0 aromatic heterocycles. The van der Waals surface area contributed by atoms with Gasteiger partial charge in [0.15, 0.2) is 5.75 Å². The lowest BCUT2D eigenvalue weighted by molar-refractivity contribution is -0.114. The van der Waals surface area contributed by atoms with Crippen molar-refractivity contribution in [1.82, 2.24) is 0 Å². The van der Waals surface area contributed by atoms with E-state index >= 15 is 0 Å². The molecule has 0 aliphatic carbocycles. The van der Waals surface area contributed by atoms with Gasteiger partial charge in [0.2, 0.25) is 0 Å². The van der Waals surface area contributed by atoms with Crippen molar-refractivity contribution in [3.8, 4) is 22.9 Å². The molecule has 0 aliphatic rings. The normalized spacial score (nSPS) is 11.1. The largest absolute Gasteiger partial charge is 0.486 e. The number of rotatable bonds is 6. The summed E-state index contributed by atoms with van der Waals surface area (Å²) >= 11 is 12.7. The second-order valence-electron chi connectivity index (χ2n) is 6.59. The highest BCUT2D eigenvalue weighted by molar-refractivity contribution is 6.37. The summed E-state index contributed by atoms with van der Waals surface area (Å²) < 4.78 is 5.92. The van der Waals surface area contributed by atoms with Gasteiger partial charge >= 0.3 is 0 Å². The number of hydrogen-bond acceptors (Lipinski definition) is 3. The van der Waals surface area contributed by atoms with Gasteiger partial charge in [0.05, 0.1) is 10.0 Å². The fourth-order valence-corrected chi connectivity index (χ4v) is 3.66. The van der Waals surface area contributed by atoms with Gasteiger partial charge in [-0.25, -0.2) is 0 Å². The third-order valence-electron chi connectivity index (χ3n) is 4.62. The lowest BCUT2D eigenvalue weighted by Crippen LogP contribution is -2.12. The zero-order valence-corrected chi connectivity index (χ0v) is 17.7. The van der Waals surface area contributed by atoms with Crippen LogP contribution in [0.3, 0.4) is 0 Å². The first-order valence-electron chi connectivity index (χ1n) is 9.08. The summed E-state index contributed by atoms with van der Waals surface area (Å²) in [5, 5.41) is 9.52. The molecule has 0 saturated carbocycles. The van der Waals surface area contributed by atoms with Crippen LogP contribution in [0.15, 0.2) is 66.2 Å². The number of ether oxygens (including phenoxy) is 1. The lowest BCUT2D eigenvalue weighted by Gasteiger charge is -2.15. The van der Waals surface area contributed by atoms with Crippen molar-refractivity contribution in [3.05, 3.63) is 93.0 Å². The Morgan fingerprint density at radius 3 is 2.37 bits per heavy atom. The van der Waals surface area contributed by atoms with Crippen LogP contribution < -0.4 is 10.5 Å². The maximum Gasteiger partial charge on any atom is 0.259 e. The van der Waals surface area contributed by atoms with Gasteiger partial charge in [-0.3, -0.25) is 4.79 Å². The monoisotopic (exact) mass is 436 g/mol. The first kappa shape index (κ1) is 21.4. The number of hydrogen-bond donors (Lipinski definition) is 1. The van der Waals surface area contributed by atoms with E-state index in [1.165, 1.54) is 6.08 Å². The molecular weight excluding hydrogens is 419 g/mol. The van der Waals surface area contributed by atoms with Crippen molar-refractivity contribution < 1.29 is 9.53 Å². The van der Waals surface area contributed by atoms with Crippen molar-refractivity contribution >= 4 is 35.2 Å². The van der Waals surface area contributed by atoms with Crippen LogP contribution in [0.25, 0.3) is 17.2 Å². The van der Waals surface area contributed by atoms with Crippen LogP contribution in [0.4, 0.5) is 0 Å². The molecule has 30 heavy (non-hydrogen) atoms. The second-order valence-corrected chi connectivity index (χ2v) is 7.41. The van der Waals surface area contributed by atoms with Gasteiger partial charge in [0.25, 0.3) is 5.91 Å². The average molecular weight is 437 g/mol. The Morgan fingerprint density at radius 2 is 1.77 bits per heavy atom. The van der Waals surface area contributed by atoms with Gasteiger partial charge in [-0.05, 0) is 52.9 Å². The van der Waals surface area contributed by atoms with Crippen molar-refractivity contribution in [2.75, 3.05) is 0 Å². The Kier molecular flexibility index (Phi) is 6.79. The molecule has 0 fully saturated rings. The minimum Gasteiger partial charge on any atom is -0.486 e. The molecule has 3 aromatic carbocycles. The second kappa shape index (κ2) is 9.49. The lowest BCUT2D eigenvalue weighted by atomic mass is 9.97. The van der Waals surface area contributed by atoms with E-state index in [4.69, 9.17) is 38.9 Å². The molecule has 2 N–H and O–H groups in total. The van der Waals surface area contributed by atoms with Crippen LogP contribution in [-0.4, -0.2) is 5.91 Å². The van der Waals surface area contributed by atoms with Crippen molar-refractivity contribution in [3.63, 3.8) is 0 Å². The van der Waals surface area contributed by atoms with Gasteiger partial charge in [-0.2, -0.15) is 5.26 Å². The zero-order valence-electron chi connectivity index (χ0n) is 16.2. The van der Waals surface area contributed by atoms with Gasteiger partial charge in [0, 0.05) is 0 Å². The van der Waals surface area contributed by atoms with Gasteiger partial charge in [-0.15, -0.1) is 0 Å². The molecule has 3 aromatic rings. The van der Waals surface area contributed by atoms with Crippen molar-refractivity contribution in [2.45, 2.75) is 13.5 Å². The number of carbonyl (C=O) groups excluding carboxylic acids is 1. The van der Waals surface area contributed by atoms with Crippen LogP contribution in [-0.2, 0) is 11.4 Å². The number of nitriles is 1. The Hall–Kier alpha value is -3.26. The van der Waals surface area contributed by atoms with E-state index in [2.05, 4.69) is 18.2 Å². The first-order valence-corrected chi connectivity index (χ1v) is 9.83. The number of nitrogens with zero attached hydrogens (tertiary/aromatic N) is 1. The summed E-state index contributed by atoms with van der Waals surface area (Å²) in [4.78, 5) is 11.2. The molecule has 150 valence electrons. The summed E-state index contributed by atoms with van der Waals surface area (Å²) in [6.07, 6.45) is 1.33. The number of halogens is 2. The fourth-order valence-electron chi connectivity index (χ4n) is 3.05. The van der Waals surface area contributed by atoms with E-state index in [0.29, 0.717) is 11.3 Å². The average Bonchev–Trinajstić information content (AvgIpc) is 2.73. The van der Waals surface area contributed by atoms with Crippen LogP contribution in [0.1, 0.15) is 16.7 Å². The number of carbonyl (C=O) groups is 1. The smallest absolute Gasteiger partial charge is 0.259 e. The quantitative estimate of drug-likeness (QED) is 0.383. The molecule has 0 heterocycles. The summed E-state index contributed by atoms with van der Waals surface area (Å²) in [7, 11) is 0. The number of benzene rings is 3. The topological polar surface area (TPSA) is 76.1 Å². The van der Waals surface area contributed by atoms with E-state index < -0.39 is 5.91 Å². The first-order chi connectivity index (χ1) is 14.4. The van der Waals surface area contributed by atoms with E-state index in [9.17, 15) is 4.79 Å². The molecule has 0 saturated heterocycles. The highest BCUT2D eigenvalue weighted by Crippen LogP contribution is 2.36. The van der Waals surface area contributed by atoms with Crippen LogP contribution >= 0.6 is 23.2 Å². The fraction of sp³-hybridized carbons (Fsp3) is 0.0833. The molecule has 3 rings (SSSR count). The SMILES string of the molecule is Cc1c(COc2c(Cl)cc(/C=C(\C#N)C(N)=O)cc2Cl)cccc1-c1ccccc1. The molecular formula is C24H18Cl2N2O2. The zero-order chi connectivity index (χ0) is 21.7. The molecule has 0 radical (unpaired) electrons. The third-order valence-corrected chi connectivity index (χ3v) is 5.18. The van der Waals surface area contributed by atoms with Crippen molar-refractivity contribution in [1.29, 1.82) is 5.26 Å². The molecule has 0 spiro atoms. The van der Waals surface area contributed by atoms with Gasteiger partial charge in [0.1, 0.15) is 18.2 Å². The van der Waals surface area contributed by atoms with Crippen molar-refractivity contribution in [2.24, 2.45) is 5.73 Å². The maximum absolute atomic E-state index is 11.2. The molecule has 0 bridgehead atoms. The summed E-state index contributed by atoms with van der Waals surface area (Å²) in [5.74, 6) is -0.489. The highest BCUT2D eigenvalue weighted by atomic mass is 35.5. The molecule has 0 unspecified atom stereocenters. The number of amides is 1. The maximum atomic E-state index is 11.2. The summed E-state index contributed by atoms with van der Waals surface area (Å²) in [5.41, 5.74) is 9.83. The standard InChI is InChI=1S/C24H18Cl2N2O2/c1-15-18(8-5-9-20(15)17-6-3-2-4-7-17)14-30-23-21(25)11-16(12-22(23)26)10-19(13-27)24(28)29/h2-12H,14H2,1H3,(H2,28,29)/b19-10+. The van der Waals surface area contributed by atoms with Crippen LogP contribution in [0, 0.1) is 18.3 Å². The van der Waals surface area contributed by atoms with E-state index in [-0.39, 0.29) is 22.2 Å². The minimum atomic E-state index is -0.821. The summed E-state index contributed by atoms with van der Waals surface area (Å²) in [6.45, 7) is 2.33. The molecule has 0 aliphatic heterocycles. The Balaban J connectivity index is 1.85. The van der Waals surface area contributed by atoms with Gasteiger partial charge in [-0.1, -0.05) is 71.7 Å². The van der Waals surface area contributed by atoms with Gasteiger partial charge < -0.3 is 10.5 Å². The predicted octanol–water partition coefficient (Wildman–Crippen LogP) is 5.94. The minimum absolute atomic E-state index is 0.191. The molecule has 6 heteroatoms. The highest BCUT2D eigenvalue weighted by Gasteiger charge is 2.13.